The fourth-order valence-electron chi connectivity index (χ4n) is 3.14. The number of hydrogen-bond donors (Lipinski definition) is 0. The number of carbonyl (C=O) groups excluding carboxylic acids is 1. The number of aromatic nitrogens is 2. The summed E-state index contributed by atoms with van der Waals surface area (Å²) in [7, 11) is 0. The van der Waals surface area contributed by atoms with Gasteiger partial charge in [-0.1, -0.05) is 24.3 Å². The molecule has 3 aromatic rings. The SMILES string of the molecule is O=C(Cc1cccs1)N1CCC(Oc2nncc3ccccc23)CC1. The molecule has 0 saturated carbocycles. The van der Waals surface area contributed by atoms with E-state index in [1.165, 1.54) is 0 Å². The van der Waals surface area contributed by atoms with Crippen molar-refractivity contribution in [3.05, 3.63) is 52.9 Å². The largest absolute Gasteiger partial charge is 0.473 e. The van der Waals surface area contributed by atoms with Crippen LogP contribution < -0.4 is 4.74 Å². The third-order valence-electron chi connectivity index (χ3n) is 4.52. The molecule has 2 aromatic heterocycles. The van der Waals surface area contributed by atoms with Crippen molar-refractivity contribution < 1.29 is 9.53 Å². The van der Waals surface area contributed by atoms with Crippen LogP contribution in [-0.2, 0) is 11.2 Å². The molecule has 1 aliphatic heterocycles. The zero-order chi connectivity index (χ0) is 17.1. The molecule has 0 unspecified atom stereocenters. The number of rotatable bonds is 4. The minimum Gasteiger partial charge on any atom is -0.473 e. The summed E-state index contributed by atoms with van der Waals surface area (Å²) in [5.74, 6) is 0.785. The minimum absolute atomic E-state index is 0.0749. The molecule has 128 valence electrons. The number of nitrogens with zero attached hydrogens (tertiary/aromatic N) is 3. The second kappa shape index (κ2) is 7.19. The van der Waals surface area contributed by atoms with Crippen LogP contribution in [0.4, 0.5) is 0 Å². The van der Waals surface area contributed by atoms with E-state index < -0.39 is 0 Å². The molecule has 0 atom stereocenters. The fraction of sp³-hybridized carbons (Fsp3) is 0.316. The number of ether oxygens (including phenoxy) is 1. The first kappa shape index (κ1) is 16.0. The van der Waals surface area contributed by atoms with Gasteiger partial charge >= 0.3 is 0 Å². The molecule has 4 rings (SSSR count). The number of benzene rings is 1. The van der Waals surface area contributed by atoms with Crippen LogP contribution in [-0.4, -0.2) is 40.2 Å². The summed E-state index contributed by atoms with van der Waals surface area (Å²) in [6.07, 6.45) is 3.96. The lowest BCUT2D eigenvalue weighted by molar-refractivity contribution is -0.132. The van der Waals surface area contributed by atoms with Crippen molar-refractivity contribution in [2.75, 3.05) is 13.1 Å². The molecule has 0 aliphatic carbocycles. The topological polar surface area (TPSA) is 55.3 Å². The molecule has 1 amide bonds. The van der Waals surface area contributed by atoms with Gasteiger partial charge in [0.25, 0.3) is 0 Å². The summed E-state index contributed by atoms with van der Waals surface area (Å²) >= 11 is 1.63. The molecule has 0 radical (unpaired) electrons. The van der Waals surface area contributed by atoms with Crippen LogP contribution in [0.1, 0.15) is 17.7 Å². The van der Waals surface area contributed by atoms with E-state index in [-0.39, 0.29) is 12.0 Å². The van der Waals surface area contributed by atoms with E-state index in [4.69, 9.17) is 4.74 Å². The summed E-state index contributed by atoms with van der Waals surface area (Å²) in [5.41, 5.74) is 0. The normalized spacial score (nSPS) is 15.4. The lowest BCUT2D eigenvalue weighted by Crippen LogP contribution is -2.42. The molecule has 3 heterocycles. The lowest BCUT2D eigenvalue weighted by Gasteiger charge is -2.32. The second-order valence-electron chi connectivity index (χ2n) is 6.19. The second-order valence-corrected chi connectivity index (χ2v) is 7.22. The summed E-state index contributed by atoms with van der Waals surface area (Å²) in [4.78, 5) is 15.4. The van der Waals surface area contributed by atoms with Gasteiger partial charge < -0.3 is 9.64 Å². The maximum absolute atomic E-state index is 12.4. The average molecular weight is 353 g/mol. The van der Waals surface area contributed by atoms with Gasteiger partial charge in [0.1, 0.15) is 6.10 Å². The fourth-order valence-corrected chi connectivity index (χ4v) is 3.84. The molecule has 6 heteroatoms. The van der Waals surface area contributed by atoms with Crippen LogP contribution in [0.3, 0.4) is 0 Å². The average Bonchev–Trinajstić information content (AvgIpc) is 3.16. The van der Waals surface area contributed by atoms with E-state index in [9.17, 15) is 4.79 Å². The first-order chi connectivity index (χ1) is 12.3. The van der Waals surface area contributed by atoms with Gasteiger partial charge in [0.2, 0.25) is 11.8 Å². The molecule has 0 spiro atoms. The Morgan fingerprint density at radius 1 is 1.20 bits per heavy atom. The number of hydrogen-bond acceptors (Lipinski definition) is 5. The minimum atomic E-state index is 0.0749. The quantitative estimate of drug-likeness (QED) is 0.722. The Bertz CT molecular complexity index is 853. The summed E-state index contributed by atoms with van der Waals surface area (Å²) in [6.45, 7) is 1.46. The Kier molecular flexibility index (Phi) is 4.61. The van der Waals surface area contributed by atoms with Crippen molar-refractivity contribution in [2.24, 2.45) is 0 Å². The summed E-state index contributed by atoms with van der Waals surface area (Å²) < 4.78 is 6.09. The zero-order valence-electron chi connectivity index (χ0n) is 13.8. The first-order valence-electron chi connectivity index (χ1n) is 8.47. The van der Waals surface area contributed by atoms with Crippen molar-refractivity contribution in [1.82, 2.24) is 15.1 Å². The molecule has 0 N–H and O–H groups in total. The third kappa shape index (κ3) is 3.64. The highest BCUT2D eigenvalue weighted by Crippen LogP contribution is 2.25. The van der Waals surface area contributed by atoms with Crippen molar-refractivity contribution in [3.8, 4) is 5.88 Å². The van der Waals surface area contributed by atoms with Crippen molar-refractivity contribution in [2.45, 2.75) is 25.4 Å². The van der Waals surface area contributed by atoms with E-state index in [1.54, 1.807) is 17.5 Å². The van der Waals surface area contributed by atoms with Crippen molar-refractivity contribution in [3.63, 3.8) is 0 Å². The standard InChI is InChI=1S/C19H19N3O2S/c23-18(12-16-5-3-11-25-16)22-9-7-15(8-10-22)24-19-17-6-2-1-4-14(17)13-20-21-19/h1-6,11,13,15H,7-10,12H2. The highest BCUT2D eigenvalue weighted by Gasteiger charge is 2.25. The van der Waals surface area contributed by atoms with Gasteiger partial charge in [-0.3, -0.25) is 4.79 Å². The van der Waals surface area contributed by atoms with Gasteiger partial charge in [-0.25, -0.2) is 0 Å². The molecular formula is C19H19N3O2S. The first-order valence-corrected chi connectivity index (χ1v) is 9.35. The molecule has 1 saturated heterocycles. The van der Waals surface area contributed by atoms with Gasteiger partial charge in [-0.2, -0.15) is 5.10 Å². The van der Waals surface area contributed by atoms with Gasteiger partial charge in [0.15, 0.2) is 0 Å². The van der Waals surface area contributed by atoms with Crippen LogP contribution in [0.25, 0.3) is 10.8 Å². The number of likely N-dealkylation sites (tertiary alicyclic amines) is 1. The number of piperidine rings is 1. The van der Waals surface area contributed by atoms with Crippen LogP contribution >= 0.6 is 11.3 Å². The molecular weight excluding hydrogens is 334 g/mol. The van der Waals surface area contributed by atoms with Crippen LogP contribution in [0, 0.1) is 0 Å². The Morgan fingerprint density at radius 2 is 2.04 bits per heavy atom. The molecule has 5 nitrogen and oxygen atoms in total. The highest BCUT2D eigenvalue weighted by molar-refractivity contribution is 7.10. The lowest BCUT2D eigenvalue weighted by atomic mass is 10.1. The van der Waals surface area contributed by atoms with E-state index in [0.717, 1.165) is 41.6 Å². The maximum atomic E-state index is 12.4. The number of carbonyl (C=O) groups is 1. The summed E-state index contributed by atoms with van der Waals surface area (Å²) in [5, 5.41) is 12.2. The Labute approximate surface area is 150 Å². The smallest absolute Gasteiger partial charge is 0.241 e. The highest BCUT2D eigenvalue weighted by atomic mass is 32.1. The van der Waals surface area contributed by atoms with E-state index in [2.05, 4.69) is 10.2 Å². The monoisotopic (exact) mass is 353 g/mol. The van der Waals surface area contributed by atoms with Crippen LogP contribution in [0.15, 0.2) is 48.0 Å². The van der Waals surface area contributed by atoms with Crippen LogP contribution in [0.2, 0.25) is 0 Å². The van der Waals surface area contributed by atoms with Gasteiger partial charge in [0.05, 0.1) is 12.6 Å². The van der Waals surface area contributed by atoms with Gasteiger partial charge in [0, 0.05) is 41.6 Å². The number of thiophene rings is 1. The molecule has 1 aromatic carbocycles. The van der Waals surface area contributed by atoms with Gasteiger partial charge in [-0.15, -0.1) is 16.4 Å². The number of amides is 1. The number of fused-ring (bicyclic) bond motifs is 1. The summed E-state index contributed by atoms with van der Waals surface area (Å²) in [6, 6.07) is 12.0. The van der Waals surface area contributed by atoms with Crippen LogP contribution in [0.5, 0.6) is 5.88 Å². The zero-order valence-corrected chi connectivity index (χ0v) is 14.6. The molecule has 1 fully saturated rings. The molecule has 0 bridgehead atoms. The Morgan fingerprint density at radius 3 is 2.84 bits per heavy atom. The van der Waals surface area contributed by atoms with E-state index in [1.807, 2.05) is 46.7 Å². The van der Waals surface area contributed by atoms with E-state index in [0.29, 0.717) is 12.3 Å². The molecule has 1 aliphatic rings. The predicted molar refractivity (Wildman–Crippen MR) is 97.8 cm³/mol. The Balaban J connectivity index is 1.36. The van der Waals surface area contributed by atoms with E-state index >= 15 is 0 Å². The Hall–Kier alpha value is -2.47. The van der Waals surface area contributed by atoms with Crippen molar-refractivity contribution in [1.29, 1.82) is 0 Å². The van der Waals surface area contributed by atoms with Gasteiger partial charge in [-0.05, 0) is 17.5 Å². The molecule has 25 heavy (non-hydrogen) atoms. The predicted octanol–water partition coefficient (Wildman–Crippen LogP) is 3.30. The third-order valence-corrected chi connectivity index (χ3v) is 5.39. The van der Waals surface area contributed by atoms with Crippen molar-refractivity contribution >= 4 is 28.0 Å². The maximum Gasteiger partial charge on any atom is 0.241 e.